The van der Waals surface area contributed by atoms with Crippen molar-refractivity contribution in [3.05, 3.63) is 29.8 Å². The van der Waals surface area contributed by atoms with Gasteiger partial charge in [-0.2, -0.15) is 0 Å². The quantitative estimate of drug-likeness (QED) is 0.741. The topological polar surface area (TPSA) is 86.0 Å². The van der Waals surface area contributed by atoms with Crippen molar-refractivity contribution in [3.63, 3.8) is 0 Å². The molecule has 0 saturated carbocycles. The van der Waals surface area contributed by atoms with E-state index < -0.39 is 0 Å². The van der Waals surface area contributed by atoms with Crippen LogP contribution in [0.4, 0.5) is 0 Å². The molecule has 0 bridgehead atoms. The van der Waals surface area contributed by atoms with Gasteiger partial charge in [0, 0.05) is 26.2 Å². The SMILES string of the molecule is COc1ccc(C(CNC(=O)[C@@H]2CC[C@H](CN)O2)N2CCOCC2)cc1. The molecule has 1 unspecified atom stereocenters. The molecule has 0 spiro atoms. The molecular formula is C19H29N3O4. The van der Waals surface area contributed by atoms with Gasteiger partial charge in [0.25, 0.3) is 0 Å². The maximum absolute atomic E-state index is 12.5. The first-order valence-corrected chi connectivity index (χ1v) is 9.30. The number of hydrogen-bond donors (Lipinski definition) is 2. The number of rotatable bonds is 7. The van der Waals surface area contributed by atoms with Crippen molar-refractivity contribution in [2.45, 2.75) is 31.1 Å². The van der Waals surface area contributed by atoms with Crippen LogP contribution in [0.3, 0.4) is 0 Å². The Morgan fingerprint density at radius 2 is 2.04 bits per heavy atom. The van der Waals surface area contributed by atoms with Crippen LogP contribution in [-0.2, 0) is 14.3 Å². The zero-order valence-corrected chi connectivity index (χ0v) is 15.4. The number of methoxy groups -OCH3 is 1. The van der Waals surface area contributed by atoms with Crippen molar-refractivity contribution in [3.8, 4) is 5.75 Å². The normalized spacial score (nSPS) is 25.0. The van der Waals surface area contributed by atoms with Gasteiger partial charge in [-0.25, -0.2) is 0 Å². The Bertz CT molecular complexity index is 575. The zero-order valence-electron chi connectivity index (χ0n) is 15.4. The minimum absolute atomic E-state index is 0.00220. The van der Waals surface area contributed by atoms with E-state index in [1.807, 2.05) is 12.1 Å². The third-order valence-corrected chi connectivity index (χ3v) is 5.12. The molecule has 1 aromatic carbocycles. The highest BCUT2D eigenvalue weighted by Gasteiger charge is 2.31. The molecule has 7 heteroatoms. The molecule has 0 aromatic heterocycles. The van der Waals surface area contributed by atoms with Crippen LogP contribution < -0.4 is 15.8 Å². The summed E-state index contributed by atoms with van der Waals surface area (Å²) in [5.74, 6) is 0.776. The Labute approximate surface area is 154 Å². The maximum atomic E-state index is 12.5. The Balaban J connectivity index is 1.64. The van der Waals surface area contributed by atoms with E-state index in [9.17, 15) is 4.79 Å². The summed E-state index contributed by atoms with van der Waals surface area (Å²) >= 11 is 0. The van der Waals surface area contributed by atoms with Crippen LogP contribution >= 0.6 is 0 Å². The standard InChI is InChI=1S/C19H29N3O4/c1-24-15-4-2-14(3-5-15)17(22-8-10-25-11-9-22)13-21-19(23)18-7-6-16(12-20)26-18/h2-5,16-18H,6-13,20H2,1H3,(H,21,23)/t16-,17?,18+/m1/s1. The number of nitrogens with zero attached hydrogens (tertiary/aromatic N) is 1. The van der Waals surface area contributed by atoms with E-state index in [2.05, 4.69) is 22.3 Å². The largest absolute Gasteiger partial charge is 0.497 e. The summed E-state index contributed by atoms with van der Waals surface area (Å²) in [6, 6.07) is 8.12. The average molecular weight is 363 g/mol. The number of ether oxygens (including phenoxy) is 3. The fraction of sp³-hybridized carbons (Fsp3) is 0.632. The molecule has 2 aliphatic heterocycles. The highest BCUT2D eigenvalue weighted by Crippen LogP contribution is 2.24. The van der Waals surface area contributed by atoms with Gasteiger partial charge in [0.1, 0.15) is 11.9 Å². The lowest BCUT2D eigenvalue weighted by atomic mass is 10.0. The smallest absolute Gasteiger partial charge is 0.249 e. The summed E-state index contributed by atoms with van der Waals surface area (Å²) < 4.78 is 16.4. The van der Waals surface area contributed by atoms with Crippen LogP contribution in [0.25, 0.3) is 0 Å². The molecule has 1 aromatic rings. The maximum Gasteiger partial charge on any atom is 0.249 e. The third kappa shape index (κ3) is 4.73. The van der Waals surface area contributed by atoms with Gasteiger partial charge in [-0.3, -0.25) is 9.69 Å². The molecule has 7 nitrogen and oxygen atoms in total. The van der Waals surface area contributed by atoms with Crippen LogP contribution in [0.15, 0.2) is 24.3 Å². The molecule has 0 radical (unpaired) electrons. The first-order valence-electron chi connectivity index (χ1n) is 9.30. The van der Waals surface area contributed by atoms with Crippen LogP contribution in [-0.4, -0.2) is 69.5 Å². The molecule has 26 heavy (non-hydrogen) atoms. The minimum atomic E-state index is -0.384. The summed E-state index contributed by atoms with van der Waals surface area (Å²) in [5, 5.41) is 3.08. The van der Waals surface area contributed by atoms with E-state index in [0.717, 1.165) is 37.2 Å². The molecule has 3 atom stereocenters. The van der Waals surface area contributed by atoms with Crippen molar-refractivity contribution in [2.24, 2.45) is 5.73 Å². The molecule has 144 valence electrons. The molecule has 2 heterocycles. The van der Waals surface area contributed by atoms with Crippen LogP contribution in [0.1, 0.15) is 24.4 Å². The van der Waals surface area contributed by atoms with Crippen molar-refractivity contribution in [1.82, 2.24) is 10.2 Å². The van der Waals surface area contributed by atoms with E-state index in [1.54, 1.807) is 7.11 Å². The predicted octanol–water partition coefficient (Wildman–Crippen LogP) is 0.691. The van der Waals surface area contributed by atoms with Crippen molar-refractivity contribution < 1.29 is 19.0 Å². The first-order chi connectivity index (χ1) is 12.7. The van der Waals surface area contributed by atoms with Crippen LogP contribution in [0, 0.1) is 0 Å². The molecule has 2 saturated heterocycles. The monoisotopic (exact) mass is 363 g/mol. The lowest BCUT2D eigenvalue weighted by Gasteiger charge is -2.35. The fourth-order valence-corrected chi connectivity index (χ4v) is 3.56. The molecule has 3 N–H and O–H groups in total. The lowest BCUT2D eigenvalue weighted by molar-refractivity contribution is -0.132. The van der Waals surface area contributed by atoms with Gasteiger partial charge in [-0.05, 0) is 30.5 Å². The van der Waals surface area contributed by atoms with E-state index in [0.29, 0.717) is 26.3 Å². The van der Waals surface area contributed by atoms with Gasteiger partial charge < -0.3 is 25.3 Å². The highest BCUT2D eigenvalue weighted by molar-refractivity contribution is 5.81. The van der Waals surface area contributed by atoms with E-state index in [4.69, 9.17) is 19.9 Å². The van der Waals surface area contributed by atoms with Crippen molar-refractivity contribution >= 4 is 5.91 Å². The van der Waals surface area contributed by atoms with Crippen molar-refractivity contribution in [2.75, 3.05) is 46.5 Å². The molecule has 3 rings (SSSR count). The number of carbonyl (C=O) groups excluding carboxylic acids is 1. The Kier molecular flexibility index (Phi) is 6.85. The second-order valence-corrected chi connectivity index (χ2v) is 6.74. The minimum Gasteiger partial charge on any atom is -0.497 e. The second kappa shape index (κ2) is 9.32. The summed E-state index contributed by atoms with van der Waals surface area (Å²) in [7, 11) is 1.66. The second-order valence-electron chi connectivity index (χ2n) is 6.74. The van der Waals surface area contributed by atoms with Gasteiger partial charge in [-0.1, -0.05) is 12.1 Å². The molecule has 2 fully saturated rings. The molecule has 1 amide bonds. The van der Waals surface area contributed by atoms with E-state index in [1.165, 1.54) is 0 Å². The third-order valence-electron chi connectivity index (χ3n) is 5.12. The van der Waals surface area contributed by atoms with Crippen LogP contribution in [0.2, 0.25) is 0 Å². The van der Waals surface area contributed by atoms with Gasteiger partial charge in [-0.15, -0.1) is 0 Å². The number of benzene rings is 1. The van der Waals surface area contributed by atoms with E-state index in [-0.39, 0.29) is 24.2 Å². The number of amides is 1. The number of nitrogens with two attached hydrogens (primary N) is 1. The summed E-state index contributed by atoms with van der Waals surface area (Å²) in [6.07, 6.45) is 1.20. The Morgan fingerprint density at radius 3 is 2.65 bits per heavy atom. The molecular weight excluding hydrogens is 334 g/mol. The summed E-state index contributed by atoms with van der Waals surface area (Å²) in [5.41, 5.74) is 6.78. The number of nitrogens with one attached hydrogen (secondary N) is 1. The summed E-state index contributed by atoms with van der Waals surface area (Å²) in [6.45, 7) is 4.13. The fourth-order valence-electron chi connectivity index (χ4n) is 3.56. The highest BCUT2D eigenvalue weighted by atomic mass is 16.5. The predicted molar refractivity (Wildman–Crippen MR) is 98.1 cm³/mol. The van der Waals surface area contributed by atoms with Gasteiger partial charge in [0.05, 0.1) is 32.5 Å². The van der Waals surface area contributed by atoms with Gasteiger partial charge in [0.2, 0.25) is 5.91 Å². The Morgan fingerprint density at radius 1 is 1.31 bits per heavy atom. The summed E-state index contributed by atoms with van der Waals surface area (Å²) in [4.78, 5) is 14.8. The zero-order chi connectivity index (χ0) is 18.4. The first kappa shape index (κ1) is 19.1. The number of hydrogen-bond acceptors (Lipinski definition) is 6. The molecule has 2 aliphatic rings. The molecule has 0 aliphatic carbocycles. The van der Waals surface area contributed by atoms with Gasteiger partial charge in [0.15, 0.2) is 0 Å². The Hall–Kier alpha value is -1.67. The van der Waals surface area contributed by atoms with Crippen LogP contribution in [0.5, 0.6) is 5.75 Å². The van der Waals surface area contributed by atoms with E-state index >= 15 is 0 Å². The van der Waals surface area contributed by atoms with Gasteiger partial charge >= 0.3 is 0 Å². The lowest BCUT2D eigenvalue weighted by Crippen LogP contribution is -2.45. The average Bonchev–Trinajstić information content (AvgIpc) is 3.19. The number of morpholine rings is 1. The van der Waals surface area contributed by atoms with Crippen molar-refractivity contribution in [1.29, 1.82) is 0 Å². The number of carbonyl (C=O) groups is 1.